The largest absolute Gasteiger partial charge is 0.378 e. The van der Waals surface area contributed by atoms with Crippen molar-refractivity contribution in [2.45, 2.75) is 32.4 Å². The molecule has 3 aromatic carbocycles. The fourth-order valence-electron chi connectivity index (χ4n) is 6.95. The van der Waals surface area contributed by atoms with Gasteiger partial charge in [0, 0.05) is 69.0 Å². The van der Waals surface area contributed by atoms with Crippen molar-refractivity contribution < 1.29 is 19.0 Å². The lowest BCUT2D eigenvalue weighted by Crippen LogP contribution is -2.37. The molecule has 1 aliphatic rings. The summed E-state index contributed by atoms with van der Waals surface area (Å²) < 4.78 is 21.3. The molecule has 4 heterocycles. The summed E-state index contributed by atoms with van der Waals surface area (Å²) in [7, 11) is 0. The molecule has 11 nitrogen and oxygen atoms in total. The van der Waals surface area contributed by atoms with Crippen molar-refractivity contribution in [1.82, 2.24) is 29.6 Å². The summed E-state index contributed by atoms with van der Waals surface area (Å²) in [5.74, 6) is 2.12. The zero-order valence-corrected chi connectivity index (χ0v) is 29.8. The number of nitrogens with one attached hydrogen (secondary N) is 2. The second kappa shape index (κ2) is 18.1. The Morgan fingerprint density at radius 3 is 2.29 bits per heavy atom. The molecule has 0 atom stereocenters. The normalized spacial score (nSPS) is 13.8. The molecule has 2 N–H and O–H groups in total. The van der Waals surface area contributed by atoms with Crippen molar-refractivity contribution >= 4 is 39.4 Å². The zero-order chi connectivity index (χ0) is 35.4. The summed E-state index contributed by atoms with van der Waals surface area (Å²) in [5.41, 5.74) is 5.85. The van der Waals surface area contributed by atoms with Gasteiger partial charge in [0.15, 0.2) is 0 Å². The van der Waals surface area contributed by atoms with Crippen LogP contribution in [0.25, 0.3) is 27.7 Å². The van der Waals surface area contributed by atoms with Crippen LogP contribution in [-0.2, 0) is 32.1 Å². The van der Waals surface area contributed by atoms with Gasteiger partial charge in [-0.25, -0.2) is 4.98 Å². The van der Waals surface area contributed by atoms with Crippen molar-refractivity contribution in [3.8, 4) is 0 Å². The molecule has 11 heteroatoms. The molecule has 6 aromatic rings. The number of amides is 1. The number of nitrogens with zero attached hydrogens (tertiary/aromatic N) is 5. The lowest BCUT2D eigenvalue weighted by atomic mass is 9.93. The highest BCUT2D eigenvalue weighted by Gasteiger charge is 2.23. The van der Waals surface area contributed by atoms with E-state index < -0.39 is 0 Å². The summed E-state index contributed by atoms with van der Waals surface area (Å²) in [5, 5.41) is 7.78. The van der Waals surface area contributed by atoms with Crippen LogP contribution < -0.4 is 15.5 Å². The van der Waals surface area contributed by atoms with Crippen LogP contribution in [0.3, 0.4) is 0 Å². The number of ether oxygens (including phenoxy) is 3. The Kier molecular flexibility index (Phi) is 12.4. The first-order valence-electron chi connectivity index (χ1n) is 18.5. The van der Waals surface area contributed by atoms with Crippen LogP contribution in [-0.4, -0.2) is 90.7 Å². The van der Waals surface area contributed by atoms with Gasteiger partial charge in [-0.3, -0.25) is 9.20 Å². The highest BCUT2D eigenvalue weighted by Crippen LogP contribution is 2.26. The predicted molar refractivity (Wildman–Crippen MR) is 205 cm³/mol. The van der Waals surface area contributed by atoms with E-state index in [0.717, 1.165) is 68.2 Å². The molecule has 0 spiro atoms. The molecule has 0 saturated carbocycles. The fraction of sp³-hybridized carbons (Fsp3) is 0.390. The van der Waals surface area contributed by atoms with Gasteiger partial charge >= 0.3 is 0 Å². The quantitative estimate of drug-likeness (QED) is 0.107. The van der Waals surface area contributed by atoms with Crippen molar-refractivity contribution in [2.24, 2.45) is 5.92 Å². The highest BCUT2D eigenvalue weighted by molar-refractivity contribution is 5.84. The van der Waals surface area contributed by atoms with Crippen LogP contribution in [0.5, 0.6) is 0 Å². The SMILES string of the molecule is O=C(CC1CCN(c2ccn3c(n2)nc2ccccc23)CC1)NCCOCCOCCOCCNCc1cccc2c1ccn2Cc1ccccc1. The standard InChI is InChI=1S/C41H49N7O4/c49-40(29-32-13-19-46(20-14-32)39-16-22-48-38-11-5-4-10-36(38)44-41(48)45-39)43-18-24-51-26-28-52-27-25-50-23-17-42-30-34-9-6-12-37-35(34)15-21-47(37)31-33-7-2-1-3-8-33/h1-12,15-16,21-22,32,42H,13-14,17-20,23-31H2,(H,43,49). The minimum Gasteiger partial charge on any atom is -0.378 e. The van der Waals surface area contributed by atoms with Crippen molar-refractivity contribution in [2.75, 3.05) is 70.7 Å². The predicted octanol–water partition coefficient (Wildman–Crippen LogP) is 5.45. The third-order valence-corrected chi connectivity index (χ3v) is 9.73. The first kappa shape index (κ1) is 35.6. The van der Waals surface area contributed by atoms with Gasteiger partial charge in [0.2, 0.25) is 11.7 Å². The summed E-state index contributed by atoms with van der Waals surface area (Å²) in [6, 6.07) is 29.4. The molecule has 272 valence electrons. The molecule has 0 radical (unpaired) electrons. The van der Waals surface area contributed by atoms with Crippen LogP contribution in [0.2, 0.25) is 0 Å². The Hall–Kier alpha value is -4.81. The molecule has 1 fully saturated rings. The first-order chi connectivity index (χ1) is 25.7. The van der Waals surface area contributed by atoms with E-state index in [1.54, 1.807) is 0 Å². The molecule has 7 rings (SSSR count). The average Bonchev–Trinajstić information content (AvgIpc) is 3.77. The molecule has 1 aliphatic heterocycles. The maximum absolute atomic E-state index is 12.5. The summed E-state index contributed by atoms with van der Waals surface area (Å²) >= 11 is 0. The third-order valence-electron chi connectivity index (χ3n) is 9.73. The summed E-state index contributed by atoms with van der Waals surface area (Å²) in [4.78, 5) is 24.3. The van der Waals surface area contributed by atoms with Gasteiger partial charge in [-0.15, -0.1) is 0 Å². The number of carbonyl (C=O) groups excluding carboxylic acids is 1. The number of fused-ring (bicyclic) bond motifs is 4. The van der Waals surface area contributed by atoms with Crippen LogP contribution in [0.4, 0.5) is 5.82 Å². The molecular weight excluding hydrogens is 654 g/mol. The Morgan fingerprint density at radius 1 is 0.731 bits per heavy atom. The van der Waals surface area contributed by atoms with E-state index in [2.05, 4.69) is 98.0 Å². The van der Waals surface area contributed by atoms with Gasteiger partial charge in [-0.2, -0.15) is 4.98 Å². The van der Waals surface area contributed by atoms with E-state index in [4.69, 9.17) is 19.2 Å². The van der Waals surface area contributed by atoms with Gasteiger partial charge in [0.1, 0.15) is 5.82 Å². The number of para-hydroxylation sites is 2. The lowest BCUT2D eigenvalue weighted by molar-refractivity contribution is -0.122. The van der Waals surface area contributed by atoms with Gasteiger partial charge in [-0.05, 0) is 60.2 Å². The number of carbonyl (C=O) groups is 1. The number of imidazole rings is 1. The van der Waals surface area contributed by atoms with E-state index in [0.29, 0.717) is 58.5 Å². The number of hydrogen-bond acceptors (Lipinski definition) is 8. The average molecular weight is 704 g/mol. The minimum absolute atomic E-state index is 0.0866. The Morgan fingerprint density at radius 2 is 1.46 bits per heavy atom. The van der Waals surface area contributed by atoms with Crippen LogP contribution in [0, 0.1) is 5.92 Å². The Balaban J connectivity index is 0.678. The first-order valence-corrected chi connectivity index (χ1v) is 18.5. The van der Waals surface area contributed by atoms with Crippen molar-refractivity contribution in [1.29, 1.82) is 0 Å². The van der Waals surface area contributed by atoms with Crippen molar-refractivity contribution in [3.05, 3.63) is 108 Å². The summed E-state index contributed by atoms with van der Waals surface area (Å²) in [6.07, 6.45) is 6.69. The number of aromatic nitrogens is 4. The van der Waals surface area contributed by atoms with Crippen LogP contribution in [0.15, 0.2) is 97.3 Å². The van der Waals surface area contributed by atoms with Crippen LogP contribution in [0.1, 0.15) is 30.4 Å². The van der Waals surface area contributed by atoms with E-state index in [1.165, 1.54) is 22.0 Å². The monoisotopic (exact) mass is 703 g/mol. The van der Waals surface area contributed by atoms with Crippen LogP contribution >= 0.6 is 0 Å². The van der Waals surface area contributed by atoms with E-state index >= 15 is 0 Å². The Labute approximate surface area is 304 Å². The third kappa shape index (κ3) is 9.34. The van der Waals surface area contributed by atoms with E-state index in [1.807, 2.05) is 28.8 Å². The second-order valence-corrected chi connectivity index (χ2v) is 13.3. The fourth-order valence-corrected chi connectivity index (χ4v) is 6.95. The maximum Gasteiger partial charge on any atom is 0.236 e. The summed E-state index contributed by atoms with van der Waals surface area (Å²) in [6.45, 7) is 7.86. The number of hydrogen-bond donors (Lipinski definition) is 2. The zero-order valence-electron chi connectivity index (χ0n) is 29.8. The van der Waals surface area contributed by atoms with E-state index in [9.17, 15) is 4.79 Å². The topological polar surface area (TPSA) is 107 Å². The maximum atomic E-state index is 12.5. The number of anilines is 1. The van der Waals surface area contributed by atoms with Gasteiger partial charge in [0.25, 0.3) is 0 Å². The lowest BCUT2D eigenvalue weighted by Gasteiger charge is -2.32. The molecule has 0 bridgehead atoms. The number of benzene rings is 3. The molecular formula is C41H49N7O4. The minimum atomic E-state index is 0.0866. The smallest absolute Gasteiger partial charge is 0.236 e. The molecule has 1 saturated heterocycles. The Bertz CT molecular complexity index is 2020. The van der Waals surface area contributed by atoms with E-state index in [-0.39, 0.29) is 5.91 Å². The van der Waals surface area contributed by atoms with Gasteiger partial charge < -0.3 is 34.3 Å². The second-order valence-electron chi connectivity index (χ2n) is 13.3. The molecule has 52 heavy (non-hydrogen) atoms. The van der Waals surface area contributed by atoms with Gasteiger partial charge in [0.05, 0.1) is 50.7 Å². The number of piperidine rings is 1. The number of rotatable bonds is 19. The highest BCUT2D eigenvalue weighted by atomic mass is 16.5. The van der Waals surface area contributed by atoms with Gasteiger partial charge in [-0.1, -0.05) is 54.6 Å². The molecule has 0 aliphatic carbocycles. The molecule has 3 aromatic heterocycles. The molecule has 0 unspecified atom stereocenters. The molecule has 1 amide bonds. The van der Waals surface area contributed by atoms with Crippen molar-refractivity contribution in [3.63, 3.8) is 0 Å².